The first-order valence-electron chi connectivity index (χ1n) is 25.4. The van der Waals surface area contributed by atoms with Crippen molar-refractivity contribution in [3.8, 4) is 11.5 Å². The number of fused-ring (bicyclic) bond motifs is 1. The van der Waals surface area contributed by atoms with Gasteiger partial charge in [-0.2, -0.15) is 0 Å². The molecule has 2 amide bonds. The van der Waals surface area contributed by atoms with Crippen LogP contribution >= 0.6 is 0 Å². The molecule has 5 aromatic carbocycles. The number of hydrogen-bond donors (Lipinski definition) is 2. The molecule has 4 aliphatic rings. The number of ether oxygens (including phenoxy) is 1. The molecule has 0 atom stereocenters. The molecule has 0 radical (unpaired) electrons. The highest BCUT2D eigenvalue weighted by Crippen LogP contribution is 2.25. The number of para-hydroxylation sites is 1. The normalized spacial score (nSPS) is 13.0. The Hall–Kier alpha value is -5.32. The van der Waals surface area contributed by atoms with E-state index in [1.54, 1.807) is 56.2 Å². The van der Waals surface area contributed by atoms with Crippen LogP contribution in [0.1, 0.15) is 106 Å². The lowest BCUT2D eigenvalue weighted by atomic mass is 10.1. The Morgan fingerprint density at radius 2 is 0.875 bits per heavy atom. The Morgan fingerprint density at radius 3 is 1.21 bits per heavy atom. The van der Waals surface area contributed by atoms with Crippen LogP contribution in [-0.4, -0.2) is 105 Å². The van der Waals surface area contributed by atoms with Crippen molar-refractivity contribution in [2.75, 3.05) is 73.6 Å². The third kappa shape index (κ3) is 42.4. The summed E-state index contributed by atoms with van der Waals surface area (Å²) in [5.74, 6) is 1.37. The minimum Gasteiger partial charge on any atom is -0.546 e. The van der Waals surface area contributed by atoms with E-state index in [0.717, 1.165) is 37.0 Å². The molecule has 4 saturated heterocycles. The van der Waals surface area contributed by atoms with E-state index in [0.29, 0.717) is 18.1 Å². The van der Waals surface area contributed by atoms with Gasteiger partial charge in [-0.15, -0.1) is 0 Å². The summed E-state index contributed by atoms with van der Waals surface area (Å²) in [4.78, 5) is 29.0. The van der Waals surface area contributed by atoms with Crippen molar-refractivity contribution in [2.45, 2.75) is 108 Å². The van der Waals surface area contributed by atoms with Crippen molar-refractivity contribution in [1.29, 1.82) is 9.56 Å². The van der Waals surface area contributed by atoms with Gasteiger partial charge in [-0.1, -0.05) is 176 Å². The molecular formula is C57H92N6O7S2-2. The maximum atomic E-state index is 10.6. The van der Waals surface area contributed by atoms with Crippen LogP contribution in [0.2, 0.25) is 0 Å². The molecule has 0 aliphatic carbocycles. The van der Waals surface area contributed by atoms with Crippen LogP contribution in [0.5, 0.6) is 11.5 Å². The summed E-state index contributed by atoms with van der Waals surface area (Å²) in [5.41, 5.74) is 2.54. The average molecular weight is 1040 g/mol. The van der Waals surface area contributed by atoms with E-state index in [9.17, 15) is 18.0 Å². The second kappa shape index (κ2) is 49.3. The van der Waals surface area contributed by atoms with Gasteiger partial charge in [0.1, 0.15) is 11.5 Å². The first kappa shape index (κ1) is 70.9. The molecule has 0 aromatic heterocycles. The van der Waals surface area contributed by atoms with Gasteiger partial charge in [-0.3, -0.25) is 9.59 Å². The van der Waals surface area contributed by atoms with E-state index in [-0.39, 0.29) is 11.8 Å². The zero-order valence-electron chi connectivity index (χ0n) is 46.4. The number of nitrogens with zero attached hydrogens (tertiary/aromatic N) is 4. The molecule has 0 bridgehead atoms. The molecule has 4 aliphatic heterocycles. The fraction of sp³-hybridized carbons (Fsp3) is 0.474. The van der Waals surface area contributed by atoms with Gasteiger partial charge in [0.15, 0.2) is 0 Å². The molecule has 15 heteroatoms. The van der Waals surface area contributed by atoms with Crippen LogP contribution in [0.3, 0.4) is 0 Å². The van der Waals surface area contributed by atoms with Gasteiger partial charge in [0, 0.05) is 65.6 Å². The van der Waals surface area contributed by atoms with Crippen LogP contribution in [0, 0.1) is 16.5 Å². The number of likely N-dealkylation sites (tertiary alicyclic amines) is 2. The summed E-state index contributed by atoms with van der Waals surface area (Å²) >= 11 is 0. The van der Waals surface area contributed by atoms with Crippen molar-refractivity contribution in [3.05, 3.63) is 145 Å². The molecule has 4 fully saturated rings. The lowest BCUT2D eigenvalue weighted by Crippen LogP contribution is -2.24. The first-order chi connectivity index (χ1) is 34.8. The zero-order valence-corrected chi connectivity index (χ0v) is 48.0. The van der Waals surface area contributed by atoms with Crippen molar-refractivity contribution in [2.24, 2.45) is 0 Å². The highest BCUT2D eigenvalue weighted by Gasteiger charge is 2.19. The van der Waals surface area contributed by atoms with Gasteiger partial charge in [-0.25, -0.2) is 0 Å². The van der Waals surface area contributed by atoms with Gasteiger partial charge in [-0.05, 0) is 111 Å². The van der Waals surface area contributed by atoms with E-state index < -0.39 is 21.8 Å². The van der Waals surface area contributed by atoms with Crippen molar-refractivity contribution < 1.29 is 31.1 Å². The number of likely N-dealkylation sites (N-methyl/N-ethyl adjacent to an activating group) is 1. The van der Waals surface area contributed by atoms with Crippen LogP contribution in [-0.2, 0) is 51.1 Å². The van der Waals surface area contributed by atoms with E-state index in [2.05, 4.69) is 47.1 Å². The molecule has 5 aromatic rings. The van der Waals surface area contributed by atoms with Gasteiger partial charge in [0.2, 0.25) is 11.8 Å². The minimum atomic E-state index is -2.02. The first-order valence-corrected chi connectivity index (χ1v) is 27.5. The average Bonchev–Trinajstić information content (AvgIpc) is 4.30. The number of rotatable bonds is 6. The Balaban J connectivity index is -0.000000754. The molecule has 72 heavy (non-hydrogen) atoms. The Bertz CT molecular complexity index is 2140. The fourth-order valence-electron chi connectivity index (χ4n) is 5.56. The summed E-state index contributed by atoms with van der Waals surface area (Å²) < 4.78 is 48.5. The van der Waals surface area contributed by atoms with Crippen LogP contribution in [0.15, 0.2) is 133 Å². The monoisotopic (exact) mass is 1040 g/mol. The van der Waals surface area contributed by atoms with E-state index in [4.69, 9.17) is 18.5 Å². The predicted octanol–water partition coefficient (Wildman–Crippen LogP) is 13.6. The second-order valence-corrected chi connectivity index (χ2v) is 16.3. The highest BCUT2D eigenvalue weighted by molar-refractivity contribution is 7.68. The fourth-order valence-corrected chi connectivity index (χ4v) is 6.16. The van der Waals surface area contributed by atoms with Gasteiger partial charge in [0.25, 0.3) is 0 Å². The second-order valence-electron chi connectivity index (χ2n) is 15.0. The number of aryl methyl sites for hydroxylation is 1. The molecule has 4 heterocycles. The van der Waals surface area contributed by atoms with Crippen LogP contribution in [0.25, 0.3) is 10.8 Å². The van der Waals surface area contributed by atoms with Crippen molar-refractivity contribution >= 4 is 44.3 Å². The van der Waals surface area contributed by atoms with Gasteiger partial charge < -0.3 is 50.7 Å². The van der Waals surface area contributed by atoms with Crippen molar-refractivity contribution in [1.82, 2.24) is 19.6 Å². The van der Waals surface area contributed by atoms with E-state index in [1.165, 1.54) is 63.0 Å². The van der Waals surface area contributed by atoms with Gasteiger partial charge >= 0.3 is 0 Å². The number of nitrogens with one attached hydrogen (secondary N) is 2. The van der Waals surface area contributed by atoms with E-state index >= 15 is 0 Å². The van der Waals surface area contributed by atoms with Crippen LogP contribution < -0.4 is 8.37 Å². The quantitative estimate of drug-likeness (QED) is 0.125. The predicted molar refractivity (Wildman–Crippen MR) is 305 cm³/mol. The summed E-state index contributed by atoms with van der Waals surface area (Å²) in [6, 6.07) is 42.0. The molecular weight excluding hydrogens is 945 g/mol. The highest BCUT2D eigenvalue weighted by atomic mass is 32.2. The summed E-state index contributed by atoms with van der Waals surface area (Å²) in [6.07, 6.45) is 5.21. The number of benzene rings is 5. The molecule has 0 saturated carbocycles. The topological polar surface area (TPSA) is 156 Å². The Labute approximate surface area is 440 Å². The lowest BCUT2D eigenvalue weighted by Gasteiger charge is -2.10. The number of methoxy groups -OCH3 is 1. The zero-order chi connectivity index (χ0) is 55.0. The summed E-state index contributed by atoms with van der Waals surface area (Å²) in [7, 11) is 2.00. The number of carbonyl (C=O) groups excluding carboxylic acids is 2. The smallest absolute Gasteiger partial charge is 0.219 e. The molecule has 0 spiro atoms. The minimum absolute atomic E-state index is 0.204. The SMILES string of the molecule is CC.CC.CC.CC.CC(=O)N1CC1.CC(=O)N1CCCC1.CN1CC1.CN1CCCC1.COCc1ccccc1.Cc1ccccc1.N=[S-](=O)Oc1cccc2ccccc12.N=[S-](=O)Oc1ccccc1. The lowest BCUT2D eigenvalue weighted by molar-refractivity contribution is -0.127. The third-order valence-corrected chi connectivity index (χ3v) is 10.0. The molecule has 0 unspecified atom stereocenters. The maximum Gasteiger partial charge on any atom is 0.219 e. The number of amides is 2. The summed E-state index contributed by atoms with van der Waals surface area (Å²) in [6.45, 7) is 31.2. The molecule has 9 rings (SSSR count). The Morgan fingerprint density at radius 1 is 0.500 bits per heavy atom. The van der Waals surface area contributed by atoms with Gasteiger partial charge in [0.05, 0.1) is 6.61 Å². The molecule has 13 nitrogen and oxygen atoms in total. The summed E-state index contributed by atoms with van der Waals surface area (Å²) in [5, 5.41) is 1.88. The maximum absolute atomic E-state index is 10.6. The standard InChI is InChI=1S/C10H8NO2S.C8H10O.C7H8.C6H6NO2S.C6H11NO.C5H11N.C4H7NO.C3H7N.4C2H6/c11-14(12)13-10-7-3-5-8-4-1-2-6-9(8)10;1-9-7-8-5-3-2-4-6-8;1-7-5-3-2-4-6-7;7-10(8)9-6-4-2-1-3-5-6;1-6(8)7-4-2-3-5-7;1-6-4-2-3-5-6;1-4(6)5-2-3-5;1-4-2-3-4;4*1-2/h1-7,11H;2-6H,7H2,1H3;2-6H,1H3;1-5,7H;2-5H2,1H3;2-5H2,1H3;2-3H2,1H3;2-3H2,1H3;4*1-2H3/q-1;;;-1;;;;;;;;. The number of carbonyl (C=O) groups is 2. The van der Waals surface area contributed by atoms with Crippen LogP contribution in [0.4, 0.5) is 0 Å². The molecule has 406 valence electrons. The Kier molecular flexibility index (Phi) is 48.5. The number of hydrogen-bond acceptors (Lipinski definition) is 13. The molecule has 2 N–H and O–H groups in total. The van der Waals surface area contributed by atoms with Crippen molar-refractivity contribution in [3.63, 3.8) is 0 Å². The largest absolute Gasteiger partial charge is 0.546 e. The van der Waals surface area contributed by atoms with E-state index in [1.807, 2.05) is 151 Å². The third-order valence-electron chi connectivity index (χ3n) is 9.37.